The Hall–Kier alpha value is -1.56. The standard InChI is InChI=1S/C21H28ClN3OSi/c1-21(2,3)27(4,5)26-19-13-25-12-17(19)24-20-18(25)10-9-16(23-20)14-7-6-8-15(22)11-14/h6-11,17,19H,12-13H2,1-5H3,(H,23,24)/t17-,19-/m1/s1. The van der Waals surface area contributed by atoms with Gasteiger partial charge in [-0.05, 0) is 42.4 Å². The number of nitrogens with one attached hydrogen (secondary N) is 1. The molecule has 2 aromatic rings. The Balaban J connectivity index is 1.58. The predicted molar refractivity (Wildman–Crippen MR) is 116 cm³/mol. The van der Waals surface area contributed by atoms with Gasteiger partial charge in [-0.2, -0.15) is 0 Å². The molecule has 2 aliphatic rings. The molecule has 0 spiro atoms. The number of pyridine rings is 1. The molecule has 2 bridgehead atoms. The number of fused-ring (bicyclic) bond motifs is 4. The lowest BCUT2D eigenvalue weighted by atomic mass is 10.1. The molecule has 0 unspecified atom stereocenters. The van der Waals surface area contributed by atoms with E-state index in [2.05, 4.69) is 56.2 Å². The zero-order chi connectivity index (χ0) is 19.4. The second kappa shape index (κ2) is 6.50. The molecule has 2 aliphatic heterocycles. The molecule has 1 saturated heterocycles. The maximum Gasteiger partial charge on any atom is 0.192 e. The summed E-state index contributed by atoms with van der Waals surface area (Å²) in [6, 6.07) is 12.4. The molecule has 0 saturated carbocycles. The molecule has 0 amide bonds. The van der Waals surface area contributed by atoms with Crippen molar-refractivity contribution < 1.29 is 4.43 Å². The third-order valence-corrected chi connectivity index (χ3v) is 10.9. The smallest absolute Gasteiger partial charge is 0.192 e. The molecule has 0 aliphatic carbocycles. The maximum absolute atomic E-state index is 6.73. The Labute approximate surface area is 168 Å². The van der Waals surface area contributed by atoms with Gasteiger partial charge in [0.25, 0.3) is 0 Å². The molecule has 27 heavy (non-hydrogen) atoms. The van der Waals surface area contributed by atoms with Crippen molar-refractivity contribution in [1.82, 2.24) is 4.98 Å². The zero-order valence-electron chi connectivity index (χ0n) is 16.7. The number of aromatic nitrogens is 1. The first-order valence-electron chi connectivity index (χ1n) is 9.60. The summed E-state index contributed by atoms with van der Waals surface area (Å²) in [5.41, 5.74) is 3.14. The van der Waals surface area contributed by atoms with E-state index in [1.165, 1.54) is 5.69 Å². The van der Waals surface area contributed by atoms with E-state index < -0.39 is 8.32 Å². The minimum absolute atomic E-state index is 0.203. The number of anilines is 2. The highest BCUT2D eigenvalue weighted by Gasteiger charge is 2.45. The minimum Gasteiger partial charge on any atom is -0.410 e. The van der Waals surface area contributed by atoms with Crippen LogP contribution < -0.4 is 10.2 Å². The summed E-state index contributed by atoms with van der Waals surface area (Å²) in [7, 11) is -1.80. The number of benzene rings is 1. The molecule has 3 heterocycles. The first kappa shape index (κ1) is 18.8. The van der Waals surface area contributed by atoms with E-state index in [-0.39, 0.29) is 17.2 Å². The van der Waals surface area contributed by atoms with Crippen LogP contribution in [0.4, 0.5) is 11.5 Å². The summed E-state index contributed by atoms with van der Waals surface area (Å²) in [4.78, 5) is 7.30. The topological polar surface area (TPSA) is 37.4 Å². The molecule has 0 radical (unpaired) electrons. The second-order valence-corrected chi connectivity index (χ2v) is 14.3. The van der Waals surface area contributed by atoms with Crippen LogP contribution in [-0.2, 0) is 4.43 Å². The van der Waals surface area contributed by atoms with Gasteiger partial charge < -0.3 is 14.6 Å². The summed E-state index contributed by atoms with van der Waals surface area (Å²) in [5, 5.41) is 4.59. The van der Waals surface area contributed by atoms with Gasteiger partial charge in [0.05, 0.1) is 23.5 Å². The van der Waals surface area contributed by atoms with Crippen molar-refractivity contribution in [1.29, 1.82) is 0 Å². The van der Waals surface area contributed by atoms with Crippen molar-refractivity contribution in [3.05, 3.63) is 41.4 Å². The molecule has 4 rings (SSSR count). The molecule has 6 heteroatoms. The van der Waals surface area contributed by atoms with Gasteiger partial charge in [-0.25, -0.2) is 4.98 Å². The van der Waals surface area contributed by atoms with Crippen LogP contribution in [0.2, 0.25) is 23.2 Å². The van der Waals surface area contributed by atoms with E-state index >= 15 is 0 Å². The van der Waals surface area contributed by atoms with Gasteiger partial charge in [0.15, 0.2) is 14.1 Å². The summed E-state index contributed by atoms with van der Waals surface area (Å²) >= 11 is 6.15. The number of nitrogens with zero attached hydrogens (tertiary/aromatic N) is 2. The van der Waals surface area contributed by atoms with E-state index in [1.54, 1.807) is 0 Å². The summed E-state index contributed by atoms with van der Waals surface area (Å²) in [6.45, 7) is 13.4. The number of hydrogen-bond acceptors (Lipinski definition) is 4. The molecular weight excluding hydrogens is 374 g/mol. The Morgan fingerprint density at radius 3 is 2.67 bits per heavy atom. The lowest BCUT2D eigenvalue weighted by Gasteiger charge is -2.39. The van der Waals surface area contributed by atoms with Crippen molar-refractivity contribution in [3.8, 4) is 11.3 Å². The first-order chi connectivity index (χ1) is 12.6. The monoisotopic (exact) mass is 401 g/mol. The van der Waals surface area contributed by atoms with Crippen LogP contribution in [0.3, 0.4) is 0 Å². The highest BCUT2D eigenvalue weighted by atomic mass is 35.5. The van der Waals surface area contributed by atoms with E-state index in [0.717, 1.165) is 35.2 Å². The van der Waals surface area contributed by atoms with Crippen LogP contribution in [0.1, 0.15) is 20.8 Å². The first-order valence-corrected chi connectivity index (χ1v) is 12.9. The van der Waals surface area contributed by atoms with Gasteiger partial charge in [-0.1, -0.05) is 44.5 Å². The van der Waals surface area contributed by atoms with Crippen molar-refractivity contribution in [3.63, 3.8) is 0 Å². The lowest BCUT2D eigenvalue weighted by molar-refractivity contribution is 0.192. The third-order valence-electron chi connectivity index (χ3n) is 6.18. The minimum atomic E-state index is -1.80. The SMILES string of the molecule is CC(C)(C)[Si](C)(C)O[C@@H]1CN2C[C@H]1Nc1nc(-c3cccc(Cl)c3)ccc12. The van der Waals surface area contributed by atoms with Crippen LogP contribution in [0, 0.1) is 0 Å². The van der Waals surface area contributed by atoms with E-state index in [9.17, 15) is 0 Å². The Morgan fingerprint density at radius 1 is 1.19 bits per heavy atom. The van der Waals surface area contributed by atoms with Gasteiger partial charge in [-0.15, -0.1) is 0 Å². The fourth-order valence-electron chi connectivity index (χ4n) is 3.58. The Kier molecular flexibility index (Phi) is 4.52. The van der Waals surface area contributed by atoms with Gasteiger partial charge in [0, 0.05) is 23.7 Å². The fourth-order valence-corrected chi connectivity index (χ4v) is 5.12. The van der Waals surface area contributed by atoms with Crippen LogP contribution >= 0.6 is 11.6 Å². The van der Waals surface area contributed by atoms with Gasteiger partial charge in [0.2, 0.25) is 0 Å². The van der Waals surface area contributed by atoms with Crippen LogP contribution in [-0.4, -0.2) is 38.5 Å². The van der Waals surface area contributed by atoms with E-state index in [4.69, 9.17) is 21.0 Å². The quantitative estimate of drug-likeness (QED) is 0.698. The van der Waals surface area contributed by atoms with Crippen molar-refractivity contribution in [2.24, 2.45) is 0 Å². The molecule has 1 N–H and O–H groups in total. The molecule has 1 fully saturated rings. The Morgan fingerprint density at radius 2 is 1.96 bits per heavy atom. The average molecular weight is 402 g/mol. The lowest BCUT2D eigenvalue weighted by Crippen LogP contribution is -2.48. The maximum atomic E-state index is 6.73. The molecule has 1 aromatic carbocycles. The van der Waals surface area contributed by atoms with Crippen molar-refractivity contribution in [2.75, 3.05) is 23.3 Å². The van der Waals surface area contributed by atoms with E-state index in [0.29, 0.717) is 0 Å². The van der Waals surface area contributed by atoms with E-state index in [1.807, 2.05) is 24.3 Å². The molecular formula is C21H28ClN3OSi. The number of rotatable bonds is 3. The van der Waals surface area contributed by atoms with Crippen LogP contribution in [0.5, 0.6) is 0 Å². The van der Waals surface area contributed by atoms with Crippen LogP contribution in [0.15, 0.2) is 36.4 Å². The van der Waals surface area contributed by atoms with Gasteiger partial charge in [0.1, 0.15) is 0 Å². The third kappa shape index (κ3) is 3.48. The van der Waals surface area contributed by atoms with Gasteiger partial charge >= 0.3 is 0 Å². The molecule has 1 aromatic heterocycles. The zero-order valence-corrected chi connectivity index (χ0v) is 18.5. The van der Waals surface area contributed by atoms with Crippen molar-refractivity contribution >= 4 is 31.4 Å². The van der Waals surface area contributed by atoms with Crippen LogP contribution in [0.25, 0.3) is 11.3 Å². The highest BCUT2D eigenvalue weighted by Crippen LogP contribution is 2.41. The number of halogens is 1. The molecule has 2 atom stereocenters. The molecule has 144 valence electrons. The largest absolute Gasteiger partial charge is 0.410 e. The Bertz CT molecular complexity index is 865. The summed E-state index contributed by atoms with van der Waals surface area (Å²) < 4.78 is 6.73. The normalized spacial score (nSPS) is 21.8. The predicted octanol–water partition coefficient (Wildman–Crippen LogP) is 5.41. The summed E-state index contributed by atoms with van der Waals surface area (Å²) in [6.07, 6.45) is 0.203. The van der Waals surface area contributed by atoms with Crippen molar-refractivity contribution in [2.45, 2.75) is 51.0 Å². The highest BCUT2D eigenvalue weighted by molar-refractivity contribution is 6.74. The molecule has 4 nitrogen and oxygen atoms in total. The fraction of sp³-hybridized carbons (Fsp3) is 0.476. The number of hydrogen-bond donors (Lipinski definition) is 1. The van der Waals surface area contributed by atoms with Gasteiger partial charge in [-0.3, -0.25) is 0 Å². The summed E-state index contributed by atoms with van der Waals surface area (Å²) in [5.74, 6) is 0.949. The average Bonchev–Trinajstić information content (AvgIpc) is 2.89. The second-order valence-electron chi connectivity index (χ2n) is 9.15.